The molecule has 0 atom stereocenters. The van der Waals surface area contributed by atoms with Gasteiger partial charge in [0.1, 0.15) is 11.5 Å². The molecule has 0 saturated heterocycles. The van der Waals surface area contributed by atoms with Crippen LogP contribution >= 0.6 is 35.0 Å². The zero-order chi connectivity index (χ0) is 26.6. The molecule has 2 aromatic heterocycles. The molecule has 0 bridgehead atoms. The predicted molar refractivity (Wildman–Crippen MR) is 133 cm³/mol. The van der Waals surface area contributed by atoms with Gasteiger partial charge in [-0.3, -0.25) is 0 Å². The smallest absolute Gasteiger partial charge is 0.383 e. The fraction of sp³-hybridized carbons (Fsp3) is 0.261. The second kappa shape index (κ2) is 10.2. The number of nitrogens with zero attached hydrogens (tertiary/aromatic N) is 4. The number of benzene rings is 2. The zero-order valence-corrected chi connectivity index (χ0v) is 20.7. The van der Waals surface area contributed by atoms with Crippen LogP contribution in [-0.2, 0) is 18.8 Å². The number of halogens is 8. The summed E-state index contributed by atoms with van der Waals surface area (Å²) >= 11 is 14.2. The van der Waals surface area contributed by atoms with Crippen LogP contribution in [0.4, 0.5) is 32.2 Å². The van der Waals surface area contributed by atoms with Crippen molar-refractivity contribution in [1.29, 1.82) is 0 Å². The minimum Gasteiger partial charge on any atom is -0.383 e. The van der Waals surface area contributed by atoms with Crippen LogP contribution in [0.5, 0.6) is 0 Å². The van der Waals surface area contributed by atoms with Gasteiger partial charge in [0.05, 0.1) is 15.4 Å². The van der Waals surface area contributed by atoms with Crippen LogP contribution in [-0.4, -0.2) is 19.7 Å². The third-order valence-electron chi connectivity index (χ3n) is 5.12. The summed E-state index contributed by atoms with van der Waals surface area (Å²) in [5, 5.41) is 2.80. The van der Waals surface area contributed by atoms with Crippen molar-refractivity contribution in [3.05, 3.63) is 63.0 Å². The minimum absolute atomic E-state index is 0. The van der Waals surface area contributed by atoms with Crippen LogP contribution in [0.1, 0.15) is 37.0 Å². The summed E-state index contributed by atoms with van der Waals surface area (Å²) in [5.41, 5.74) is 5.21. The van der Waals surface area contributed by atoms with Gasteiger partial charge in [-0.15, -0.1) is 5.10 Å². The van der Waals surface area contributed by atoms with Crippen molar-refractivity contribution in [3.8, 4) is 5.69 Å². The Balaban J connectivity index is 0.00000380. The van der Waals surface area contributed by atoms with Crippen molar-refractivity contribution in [2.24, 2.45) is 0 Å². The summed E-state index contributed by atoms with van der Waals surface area (Å²) in [6.07, 6.45) is -9.72. The van der Waals surface area contributed by atoms with Crippen molar-refractivity contribution >= 4 is 51.8 Å². The van der Waals surface area contributed by atoms with Gasteiger partial charge in [0.15, 0.2) is 11.3 Å². The summed E-state index contributed by atoms with van der Waals surface area (Å²) in [5.74, 6) is -2.66. The molecule has 0 spiro atoms. The molecule has 0 aliphatic rings. The zero-order valence-electron chi connectivity index (χ0n) is 18.4. The Morgan fingerprint density at radius 1 is 0.973 bits per heavy atom. The van der Waals surface area contributed by atoms with Crippen molar-refractivity contribution < 1.29 is 26.3 Å². The van der Waals surface area contributed by atoms with Crippen LogP contribution in [0.15, 0.2) is 40.1 Å². The Morgan fingerprint density at radius 3 is 2.14 bits per heavy atom. The molecule has 2 heterocycles. The molecule has 0 fully saturated rings. The minimum atomic E-state index is -5.26. The molecule has 37 heavy (non-hydrogen) atoms. The van der Waals surface area contributed by atoms with Crippen LogP contribution in [0.2, 0.25) is 10.0 Å². The molecular weight excluding hydrogens is 563 g/mol. The van der Waals surface area contributed by atoms with Crippen LogP contribution in [0.3, 0.4) is 0 Å². The number of nitrogen functional groups attached to an aromatic ring is 1. The second-order valence-electron chi connectivity index (χ2n) is 7.69. The van der Waals surface area contributed by atoms with Gasteiger partial charge in [-0.2, -0.15) is 26.3 Å². The molecule has 2 aromatic carbocycles. The quantitative estimate of drug-likeness (QED) is 0.245. The highest BCUT2D eigenvalue weighted by molar-refractivity contribution is 7.99. The third-order valence-corrected chi connectivity index (χ3v) is 6.78. The van der Waals surface area contributed by atoms with Gasteiger partial charge < -0.3 is 5.73 Å². The highest BCUT2D eigenvalue weighted by Gasteiger charge is 2.43. The lowest BCUT2D eigenvalue weighted by Gasteiger charge is -2.13. The van der Waals surface area contributed by atoms with Crippen molar-refractivity contribution in [2.75, 3.05) is 5.73 Å². The maximum absolute atomic E-state index is 13.6. The molecule has 4 rings (SSSR count). The number of nitrogens with two attached hydrogens (primary N) is 1. The maximum Gasteiger partial charge on any atom is 0.451 e. The first-order valence-corrected chi connectivity index (χ1v) is 11.7. The average molecular weight is 582 g/mol. The molecule has 0 radical (unpaired) electrons. The van der Waals surface area contributed by atoms with E-state index in [0.29, 0.717) is 4.90 Å². The van der Waals surface area contributed by atoms with Crippen LogP contribution in [0, 0.1) is 6.92 Å². The average Bonchev–Trinajstić information content (AvgIpc) is 3.08. The molecule has 4 aromatic rings. The number of anilines is 1. The first kappa shape index (κ1) is 28.9. The molecule has 5 nitrogen and oxygen atoms in total. The summed E-state index contributed by atoms with van der Waals surface area (Å²) in [6, 6.07) is 8.96. The topological polar surface area (TPSA) is 69.6 Å². The summed E-state index contributed by atoms with van der Waals surface area (Å²) in [6.45, 7) is 3.98. The van der Waals surface area contributed by atoms with Gasteiger partial charge in [0, 0.05) is 9.79 Å². The van der Waals surface area contributed by atoms with Gasteiger partial charge >= 0.3 is 12.4 Å². The van der Waals surface area contributed by atoms with E-state index in [1.165, 1.54) is 23.9 Å². The highest BCUT2D eigenvalue weighted by Crippen LogP contribution is 2.42. The Bertz CT molecular complexity index is 1460. The Labute approximate surface area is 222 Å². The Kier molecular flexibility index (Phi) is 7.97. The van der Waals surface area contributed by atoms with E-state index >= 15 is 0 Å². The van der Waals surface area contributed by atoms with Crippen LogP contribution in [0.25, 0.3) is 16.7 Å². The highest BCUT2D eigenvalue weighted by atomic mass is 35.5. The lowest BCUT2D eigenvalue weighted by Crippen LogP contribution is -2.17. The van der Waals surface area contributed by atoms with Gasteiger partial charge in [-0.1, -0.05) is 67.0 Å². The number of aryl methyl sites for hydroxylation is 2. The molecule has 0 unspecified atom stereocenters. The van der Waals surface area contributed by atoms with E-state index in [9.17, 15) is 26.3 Å². The molecule has 0 aliphatic heterocycles. The predicted octanol–water partition coefficient (Wildman–Crippen LogP) is 8.40. The number of hydrogen-bond donors (Lipinski definition) is 1. The van der Waals surface area contributed by atoms with E-state index in [1.807, 2.05) is 32.0 Å². The normalized spacial score (nSPS) is 12.2. The fourth-order valence-electron chi connectivity index (χ4n) is 3.53. The van der Waals surface area contributed by atoms with E-state index in [2.05, 4.69) is 15.1 Å². The molecule has 0 amide bonds. The Hall–Kier alpha value is -2.70. The van der Waals surface area contributed by atoms with E-state index in [4.69, 9.17) is 28.9 Å². The molecular formula is C23H19Cl2F6N5S. The first-order chi connectivity index (χ1) is 16.7. The summed E-state index contributed by atoms with van der Waals surface area (Å²) < 4.78 is 80.9. The number of hydrogen-bond acceptors (Lipinski definition) is 5. The van der Waals surface area contributed by atoms with Crippen molar-refractivity contribution in [2.45, 2.75) is 49.8 Å². The fourth-order valence-corrected chi connectivity index (χ4v) is 5.38. The first-order valence-electron chi connectivity index (χ1n) is 10.2. The summed E-state index contributed by atoms with van der Waals surface area (Å²) in [7, 11) is 0. The SMILES string of the molecule is C.CCc1cc(C)ccc1Sc1cc(Cl)c(-n2nc3nc(C(F)(F)F)nc(C(F)(F)F)c3c2N)c(Cl)c1. The number of alkyl halides is 6. The van der Waals surface area contributed by atoms with Gasteiger partial charge in [-0.25, -0.2) is 14.6 Å². The van der Waals surface area contributed by atoms with E-state index in [1.54, 1.807) is 0 Å². The van der Waals surface area contributed by atoms with E-state index in [-0.39, 0.29) is 23.2 Å². The summed E-state index contributed by atoms with van der Waals surface area (Å²) in [4.78, 5) is 7.40. The largest absolute Gasteiger partial charge is 0.451 e. The van der Waals surface area contributed by atoms with Gasteiger partial charge in [0.25, 0.3) is 0 Å². The molecule has 0 saturated carbocycles. The number of fused-ring (bicyclic) bond motifs is 1. The lowest BCUT2D eigenvalue weighted by atomic mass is 10.1. The van der Waals surface area contributed by atoms with Gasteiger partial charge in [0.2, 0.25) is 5.82 Å². The van der Waals surface area contributed by atoms with E-state index in [0.717, 1.165) is 27.1 Å². The van der Waals surface area contributed by atoms with Crippen molar-refractivity contribution in [1.82, 2.24) is 19.7 Å². The molecule has 0 aliphatic carbocycles. The number of aromatic nitrogens is 4. The van der Waals surface area contributed by atoms with Crippen LogP contribution < -0.4 is 5.73 Å². The number of rotatable bonds is 4. The third kappa shape index (κ3) is 5.60. The second-order valence-corrected chi connectivity index (χ2v) is 9.62. The van der Waals surface area contributed by atoms with Gasteiger partial charge in [-0.05, 0) is 37.1 Å². The molecule has 2 N–H and O–H groups in total. The monoisotopic (exact) mass is 581 g/mol. The maximum atomic E-state index is 13.6. The molecule has 14 heteroatoms. The van der Waals surface area contributed by atoms with Crippen molar-refractivity contribution in [3.63, 3.8) is 0 Å². The lowest BCUT2D eigenvalue weighted by molar-refractivity contribution is -0.151. The Morgan fingerprint density at radius 2 is 1.59 bits per heavy atom. The van der Waals surface area contributed by atoms with E-state index < -0.39 is 40.7 Å². The standard InChI is InChI=1S/C22H15Cl2F6N5S.CH4/c1-3-10-6-9(2)4-5-14(10)36-11-7-12(23)16(13(24)8-11)35-18(31)15-17(21(25,26)27)32-20(22(28,29)30)33-19(15)34-35;/h4-8H,3,31H2,1-2H3;1H4. The molecule has 198 valence electrons.